The predicted octanol–water partition coefficient (Wildman–Crippen LogP) is 4.26. The molecule has 0 saturated heterocycles. The van der Waals surface area contributed by atoms with Crippen LogP contribution in [0, 0.1) is 11.3 Å². The largest absolute Gasteiger partial charge is 0.497 e. The van der Waals surface area contributed by atoms with Crippen LogP contribution in [-0.2, 0) is 6.42 Å². The number of hydrogen-bond acceptors (Lipinski definition) is 3. The normalized spacial score (nSPS) is 11.5. The Kier molecular flexibility index (Phi) is 5.08. The number of nitrogens with one attached hydrogen (secondary N) is 1. The molecule has 0 saturated carbocycles. The van der Waals surface area contributed by atoms with Gasteiger partial charge in [-0.15, -0.1) is 0 Å². The van der Waals surface area contributed by atoms with E-state index in [1.165, 1.54) is 5.56 Å². The van der Waals surface area contributed by atoms with Gasteiger partial charge >= 0.3 is 0 Å². The summed E-state index contributed by atoms with van der Waals surface area (Å²) in [5.74, 6) is 0.856. The molecule has 0 aromatic heterocycles. The van der Waals surface area contributed by atoms with Gasteiger partial charge in [0.25, 0.3) is 0 Å². The molecule has 1 N–H and O–H groups in total. The van der Waals surface area contributed by atoms with Gasteiger partial charge < -0.3 is 10.1 Å². The summed E-state index contributed by atoms with van der Waals surface area (Å²) in [4.78, 5) is 0. The van der Waals surface area contributed by atoms with Crippen molar-refractivity contribution in [2.75, 3.05) is 12.4 Å². The average Bonchev–Trinajstić information content (AvgIpc) is 2.50. The van der Waals surface area contributed by atoms with E-state index in [1.54, 1.807) is 19.2 Å². The Morgan fingerprint density at radius 1 is 1.24 bits per heavy atom. The molecule has 4 heteroatoms. The van der Waals surface area contributed by atoms with Gasteiger partial charge in [0, 0.05) is 6.04 Å². The average molecular weight is 301 g/mol. The zero-order valence-electron chi connectivity index (χ0n) is 12.1. The maximum atomic E-state index is 8.83. The van der Waals surface area contributed by atoms with E-state index >= 15 is 0 Å². The van der Waals surface area contributed by atoms with E-state index < -0.39 is 0 Å². The molecule has 1 unspecified atom stereocenters. The molecule has 2 rings (SSSR count). The second-order valence-corrected chi connectivity index (χ2v) is 5.31. The molecular weight excluding hydrogens is 284 g/mol. The Morgan fingerprint density at radius 3 is 2.52 bits per heavy atom. The summed E-state index contributed by atoms with van der Waals surface area (Å²) in [5, 5.41) is 12.8. The molecule has 0 spiro atoms. The smallest absolute Gasteiger partial charge is 0.118 e. The van der Waals surface area contributed by atoms with Crippen molar-refractivity contribution in [1.29, 1.82) is 5.26 Å². The van der Waals surface area contributed by atoms with Gasteiger partial charge in [-0.1, -0.05) is 23.7 Å². The Morgan fingerprint density at radius 2 is 1.95 bits per heavy atom. The lowest BCUT2D eigenvalue weighted by Gasteiger charge is -2.16. The highest BCUT2D eigenvalue weighted by atomic mass is 35.5. The number of rotatable bonds is 5. The van der Waals surface area contributed by atoms with Crippen molar-refractivity contribution in [1.82, 2.24) is 0 Å². The van der Waals surface area contributed by atoms with Crippen LogP contribution in [0.15, 0.2) is 42.5 Å². The molecule has 0 aliphatic rings. The zero-order valence-corrected chi connectivity index (χ0v) is 12.8. The predicted molar refractivity (Wildman–Crippen MR) is 85.9 cm³/mol. The van der Waals surface area contributed by atoms with Gasteiger partial charge in [-0.05, 0) is 49.2 Å². The molecule has 0 aliphatic heterocycles. The fourth-order valence-electron chi connectivity index (χ4n) is 2.13. The lowest BCUT2D eigenvalue weighted by molar-refractivity contribution is 0.414. The number of hydrogen-bond donors (Lipinski definition) is 1. The molecule has 3 nitrogen and oxygen atoms in total. The Balaban J connectivity index is 2.01. The Hall–Kier alpha value is -2.18. The molecule has 0 radical (unpaired) electrons. The van der Waals surface area contributed by atoms with Gasteiger partial charge in [0.2, 0.25) is 0 Å². The minimum Gasteiger partial charge on any atom is -0.497 e. The molecule has 0 bridgehead atoms. The summed E-state index contributed by atoms with van der Waals surface area (Å²) in [5.41, 5.74) is 2.63. The summed E-state index contributed by atoms with van der Waals surface area (Å²) < 4.78 is 5.15. The minimum atomic E-state index is 0.226. The van der Waals surface area contributed by atoms with Crippen LogP contribution in [0.1, 0.15) is 18.1 Å². The standard InChI is InChI=1S/C17H17ClN2O/c1-12(9-13-3-6-15(21-2)7-4-13)20-17-8-5-14(11-19)10-16(17)18/h3-8,10,12,20H,9H2,1-2H3. The third-order valence-corrected chi connectivity index (χ3v) is 3.51. The summed E-state index contributed by atoms with van der Waals surface area (Å²) in [6, 6.07) is 15.6. The maximum absolute atomic E-state index is 8.83. The van der Waals surface area contributed by atoms with Crippen LogP contribution in [0.2, 0.25) is 5.02 Å². The van der Waals surface area contributed by atoms with E-state index in [2.05, 4.69) is 30.4 Å². The molecule has 2 aromatic rings. The SMILES string of the molecule is COc1ccc(CC(C)Nc2ccc(C#N)cc2Cl)cc1. The number of ether oxygens (including phenoxy) is 1. The molecule has 108 valence electrons. The summed E-state index contributed by atoms with van der Waals surface area (Å²) in [6.45, 7) is 2.10. The molecule has 2 aromatic carbocycles. The van der Waals surface area contributed by atoms with Gasteiger partial charge in [-0.2, -0.15) is 5.26 Å². The molecule has 21 heavy (non-hydrogen) atoms. The fourth-order valence-corrected chi connectivity index (χ4v) is 2.37. The summed E-state index contributed by atoms with van der Waals surface area (Å²) in [6.07, 6.45) is 0.875. The molecule has 0 heterocycles. The van der Waals surface area contributed by atoms with Gasteiger partial charge in [-0.25, -0.2) is 0 Å². The lowest BCUT2D eigenvalue weighted by atomic mass is 10.1. The number of anilines is 1. The van der Waals surface area contributed by atoms with E-state index in [0.717, 1.165) is 17.9 Å². The van der Waals surface area contributed by atoms with Gasteiger partial charge in [-0.3, -0.25) is 0 Å². The van der Waals surface area contributed by atoms with Crippen LogP contribution in [0.3, 0.4) is 0 Å². The molecule has 0 aliphatic carbocycles. The Bertz CT molecular complexity index is 647. The van der Waals surface area contributed by atoms with Crippen LogP contribution in [0.5, 0.6) is 5.75 Å². The number of nitriles is 1. The first-order chi connectivity index (χ1) is 10.1. The quantitative estimate of drug-likeness (QED) is 0.897. The molecule has 0 fully saturated rings. The van der Waals surface area contributed by atoms with Crippen molar-refractivity contribution < 1.29 is 4.74 Å². The third-order valence-electron chi connectivity index (χ3n) is 3.20. The van der Waals surface area contributed by atoms with E-state index in [1.807, 2.05) is 18.2 Å². The molecule has 0 amide bonds. The second kappa shape index (κ2) is 7.01. The van der Waals surface area contributed by atoms with Crippen LogP contribution in [0.25, 0.3) is 0 Å². The third kappa shape index (κ3) is 4.14. The van der Waals surface area contributed by atoms with Crippen molar-refractivity contribution in [2.45, 2.75) is 19.4 Å². The van der Waals surface area contributed by atoms with Crippen molar-refractivity contribution in [3.05, 3.63) is 58.6 Å². The van der Waals surface area contributed by atoms with Crippen molar-refractivity contribution in [2.24, 2.45) is 0 Å². The highest BCUT2D eigenvalue weighted by molar-refractivity contribution is 6.33. The first-order valence-corrected chi connectivity index (χ1v) is 7.09. The lowest BCUT2D eigenvalue weighted by Crippen LogP contribution is -2.18. The maximum Gasteiger partial charge on any atom is 0.118 e. The molecular formula is C17H17ClN2O. The number of halogens is 1. The monoisotopic (exact) mass is 300 g/mol. The Labute approximate surface area is 130 Å². The minimum absolute atomic E-state index is 0.226. The van der Waals surface area contributed by atoms with Crippen LogP contribution in [-0.4, -0.2) is 13.2 Å². The summed E-state index contributed by atoms with van der Waals surface area (Å²) >= 11 is 6.16. The van der Waals surface area contributed by atoms with Crippen molar-refractivity contribution >= 4 is 17.3 Å². The highest BCUT2D eigenvalue weighted by Gasteiger charge is 2.07. The second-order valence-electron chi connectivity index (χ2n) is 4.90. The number of benzene rings is 2. The molecule has 1 atom stereocenters. The number of methoxy groups -OCH3 is 1. The van der Waals surface area contributed by atoms with Crippen LogP contribution in [0.4, 0.5) is 5.69 Å². The van der Waals surface area contributed by atoms with Gasteiger partial charge in [0.15, 0.2) is 0 Å². The van der Waals surface area contributed by atoms with Gasteiger partial charge in [0.1, 0.15) is 5.75 Å². The zero-order chi connectivity index (χ0) is 15.2. The van der Waals surface area contributed by atoms with E-state index in [0.29, 0.717) is 10.6 Å². The number of nitrogens with zero attached hydrogens (tertiary/aromatic N) is 1. The van der Waals surface area contributed by atoms with Crippen molar-refractivity contribution in [3.8, 4) is 11.8 Å². The van der Waals surface area contributed by atoms with Crippen LogP contribution < -0.4 is 10.1 Å². The highest BCUT2D eigenvalue weighted by Crippen LogP contribution is 2.24. The van der Waals surface area contributed by atoms with E-state index in [9.17, 15) is 0 Å². The summed E-state index contributed by atoms with van der Waals surface area (Å²) in [7, 11) is 1.66. The topological polar surface area (TPSA) is 45.0 Å². The van der Waals surface area contributed by atoms with Gasteiger partial charge in [0.05, 0.1) is 29.5 Å². The van der Waals surface area contributed by atoms with Crippen LogP contribution >= 0.6 is 11.6 Å². The van der Waals surface area contributed by atoms with Crippen molar-refractivity contribution in [3.63, 3.8) is 0 Å². The first kappa shape index (κ1) is 15.2. The first-order valence-electron chi connectivity index (χ1n) is 6.71. The van der Waals surface area contributed by atoms with E-state index in [-0.39, 0.29) is 6.04 Å². The fraction of sp³-hybridized carbons (Fsp3) is 0.235. The van der Waals surface area contributed by atoms with E-state index in [4.69, 9.17) is 21.6 Å².